The van der Waals surface area contributed by atoms with Gasteiger partial charge in [0.25, 0.3) is 0 Å². The van der Waals surface area contributed by atoms with Crippen molar-refractivity contribution in [2.75, 3.05) is 25.0 Å². The highest BCUT2D eigenvalue weighted by molar-refractivity contribution is 5.67. The van der Waals surface area contributed by atoms with Gasteiger partial charge in [-0.2, -0.15) is 13.2 Å². The Kier molecular flexibility index (Phi) is 4.21. The van der Waals surface area contributed by atoms with Crippen molar-refractivity contribution in [2.45, 2.75) is 12.7 Å². The van der Waals surface area contributed by atoms with Crippen molar-refractivity contribution >= 4 is 11.4 Å². The second-order valence-corrected chi connectivity index (χ2v) is 5.86. The van der Waals surface area contributed by atoms with Crippen LogP contribution in [0.1, 0.15) is 11.1 Å². The third-order valence-corrected chi connectivity index (χ3v) is 4.00. The second-order valence-electron chi connectivity index (χ2n) is 5.86. The topological polar surface area (TPSA) is 6.48 Å². The molecular formula is C17H15F5N2. The summed E-state index contributed by atoms with van der Waals surface area (Å²) >= 11 is 0. The molecule has 0 radical (unpaired) electrons. The van der Waals surface area contributed by atoms with Crippen LogP contribution in [-0.2, 0) is 12.7 Å². The largest absolute Gasteiger partial charge is 0.416 e. The van der Waals surface area contributed by atoms with Crippen molar-refractivity contribution in [2.24, 2.45) is 0 Å². The Bertz CT molecular complexity index is 737. The monoisotopic (exact) mass is 342 g/mol. The number of fused-ring (bicyclic) bond motifs is 1. The summed E-state index contributed by atoms with van der Waals surface area (Å²) in [6, 6.07) is 6.57. The van der Waals surface area contributed by atoms with Gasteiger partial charge in [0, 0.05) is 37.1 Å². The Balaban J connectivity index is 2.10. The maximum absolute atomic E-state index is 13.5. The Morgan fingerprint density at radius 3 is 2.21 bits per heavy atom. The zero-order chi connectivity index (χ0) is 17.5. The molecule has 2 nitrogen and oxygen atoms in total. The number of benzene rings is 2. The minimum absolute atomic E-state index is 0.281. The average molecular weight is 342 g/mol. The molecule has 1 aliphatic heterocycles. The summed E-state index contributed by atoms with van der Waals surface area (Å²) in [5.41, 5.74) is 0.539. The van der Waals surface area contributed by atoms with Crippen molar-refractivity contribution in [1.29, 1.82) is 0 Å². The molecule has 0 bridgehead atoms. The van der Waals surface area contributed by atoms with Gasteiger partial charge in [0.15, 0.2) is 0 Å². The van der Waals surface area contributed by atoms with E-state index in [0.29, 0.717) is 30.9 Å². The van der Waals surface area contributed by atoms with Crippen molar-refractivity contribution in [3.8, 4) is 0 Å². The Labute approximate surface area is 136 Å². The van der Waals surface area contributed by atoms with Gasteiger partial charge in [0.1, 0.15) is 11.6 Å². The van der Waals surface area contributed by atoms with Gasteiger partial charge in [0.05, 0.1) is 5.56 Å². The number of halogens is 5. The normalized spacial score (nSPS) is 16.0. The van der Waals surface area contributed by atoms with Crippen molar-refractivity contribution in [1.82, 2.24) is 4.90 Å². The summed E-state index contributed by atoms with van der Waals surface area (Å²) in [5, 5.41) is 0. The molecule has 0 amide bonds. The molecule has 1 aliphatic rings. The molecule has 0 atom stereocenters. The molecular weight excluding hydrogens is 327 g/mol. The highest BCUT2D eigenvalue weighted by Gasteiger charge is 2.32. The molecule has 0 saturated carbocycles. The van der Waals surface area contributed by atoms with E-state index in [1.165, 1.54) is 18.2 Å². The van der Waals surface area contributed by atoms with Gasteiger partial charge >= 0.3 is 6.18 Å². The number of alkyl halides is 3. The zero-order valence-electron chi connectivity index (χ0n) is 12.9. The van der Waals surface area contributed by atoms with Crippen molar-refractivity contribution < 1.29 is 22.0 Å². The van der Waals surface area contributed by atoms with Gasteiger partial charge in [0.2, 0.25) is 0 Å². The highest BCUT2D eigenvalue weighted by atomic mass is 19.4. The van der Waals surface area contributed by atoms with Crippen LogP contribution in [0.15, 0.2) is 36.4 Å². The quantitative estimate of drug-likeness (QED) is 0.701. The predicted molar refractivity (Wildman–Crippen MR) is 81.1 cm³/mol. The second kappa shape index (κ2) is 6.05. The van der Waals surface area contributed by atoms with Crippen LogP contribution in [0.4, 0.5) is 33.3 Å². The Morgan fingerprint density at radius 2 is 1.58 bits per heavy atom. The molecule has 0 aromatic heterocycles. The molecule has 24 heavy (non-hydrogen) atoms. The lowest BCUT2D eigenvalue weighted by molar-refractivity contribution is -0.137. The van der Waals surface area contributed by atoms with Crippen LogP contribution in [0.5, 0.6) is 0 Å². The third kappa shape index (κ3) is 3.36. The summed E-state index contributed by atoms with van der Waals surface area (Å²) in [6.07, 6.45) is -4.43. The summed E-state index contributed by atoms with van der Waals surface area (Å²) in [7, 11) is 1.79. The number of hydrogen-bond donors (Lipinski definition) is 0. The van der Waals surface area contributed by atoms with E-state index < -0.39 is 23.4 Å². The molecule has 128 valence electrons. The zero-order valence-corrected chi connectivity index (χ0v) is 12.9. The molecule has 2 aromatic rings. The molecule has 0 aliphatic carbocycles. The van der Waals surface area contributed by atoms with Gasteiger partial charge in [-0.3, -0.25) is 0 Å². The smallest absolute Gasteiger partial charge is 0.340 e. The van der Waals surface area contributed by atoms with E-state index in [0.717, 1.165) is 18.2 Å². The summed E-state index contributed by atoms with van der Waals surface area (Å²) < 4.78 is 65.9. The van der Waals surface area contributed by atoms with Crippen LogP contribution < -0.4 is 4.90 Å². The van der Waals surface area contributed by atoms with Crippen LogP contribution in [0.25, 0.3) is 0 Å². The summed E-state index contributed by atoms with van der Waals surface area (Å²) in [5.74, 6) is -1.45. The SMILES string of the molecule is CN1CCN(c2cc(F)cc(F)c2)c2ccc(C(F)(F)F)cc2C1. The number of hydrogen-bond acceptors (Lipinski definition) is 2. The van der Waals surface area contributed by atoms with E-state index in [1.54, 1.807) is 11.9 Å². The lowest BCUT2D eigenvalue weighted by Gasteiger charge is -2.25. The third-order valence-electron chi connectivity index (χ3n) is 4.00. The van der Waals surface area contributed by atoms with Gasteiger partial charge in [-0.05, 0) is 42.9 Å². The minimum Gasteiger partial charge on any atom is -0.340 e. The first-order valence-corrected chi connectivity index (χ1v) is 7.36. The number of rotatable bonds is 1. The number of likely N-dealkylation sites (N-methyl/N-ethyl adjacent to an activating group) is 1. The van der Waals surface area contributed by atoms with Crippen LogP contribution in [0.3, 0.4) is 0 Å². The van der Waals surface area contributed by atoms with Crippen LogP contribution in [0, 0.1) is 11.6 Å². The average Bonchev–Trinajstić information content (AvgIpc) is 2.62. The fraction of sp³-hybridized carbons (Fsp3) is 0.294. The van der Waals surface area contributed by atoms with E-state index >= 15 is 0 Å². The van der Waals surface area contributed by atoms with E-state index in [2.05, 4.69) is 0 Å². The molecule has 3 rings (SSSR count). The number of anilines is 2. The number of nitrogens with zero attached hydrogens (tertiary/aromatic N) is 2. The van der Waals surface area contributed by atoms with E-state index in [9.17, 15) is 22.0 Å². The first kappa shape index (κ1) is 16.7. The summed E-state index contributed by atoms with van der Waals surface area (Å²) in [4.78, 5) is 3.51. The fourth-order valence-corrected chi connectivity index (χ4v) is 2.88. The van der Waals surface area contributed by atoms with Gasteiger partial charge in [-0.1, -0.05) is 0 Å². The fourth-order valence-electron chi connectivity index (χ4n) is 2.88. The van der Waals surface area contributed by atoms with Crippen LogP contribution in [0.2, 0.25) is 0 Å². The Morgan fingerprint density at radius 1 is 0.917 bits per heavy atom. The molecule has 0 saturated heterocycles. The molecule has 0 N–H and O–H groups in total. The standard InChI is InChI=1S/C17H15F5N2/c1-23-4-5-24(15-8-13(18)7-14(19)9-15)16-3-2-12(17(20,21)22)6-11(16)10-23/h2-3,6-9H,4-5,10H2,1H3. The van der Waals surface area contributed by atoms with E-state index in [1.807, 2.05) is 4.90 Å². The predicted octanol–water partition coefficient (Wildman–Crippen LogP) is 4.57. The van der Waals surface area contributed by atoms with E-state index in [4.69, 9.17) is 0 Å². The molecule has 7 heteroatoms. The highest BCUT2D eigenvalue weighted by Crippen LogP contribution is 2.37. The lowest BCUT2D eigenvalue weighted by Crippen LogP contribution is -2.26. The van der Waals surface area contributed by atoms with Gasteiger partial charge in [-0.25, -0.2) is 8.78 Å². The molecule has 0 fully saturated rings. The Hall–Kier alpha value is -2.15. The molecule has 2 aromatic carbocycles. The first-order chi connectivity index (χ1) is 11.2. The van der Waals surface area contributed by atoms with Gasteiger partial charge in [-0.15, -0.1) is 0 Å². The van der Waals surface area contributed by atoms with Crippen molar-refractivity contribution in [3.05, 3.63) is 59.2 Å². The minimum atomic E-state index is -4.43. The summed E-state index contributed by atoms with van der Waals surface area (Å²) in [6.45, 7) is 1.29. The first-order valence-electron chi connectivity index (χ1n) is 7.36. The maximum atomic E-state index is 13.5. The molecule has 0 spiro atoms. The molecule has 0 unspecified atom stereocenters. The van der Waals surface area contributed by atoms with Crippen molar-refractivity contribution in [3.63, 3.8) is 0 Å². The molecule has 1 heterocycles. The van der Waals surface area contributed by atoms with Crippen LogP contribution >= 0.6 is 0 Å². The maximum Gasteiger partial charge on any atom is 0.416 e. The van der Waals surface area contributed by atoms with E-state index in [-0.39, 0.29) is 5.69 Å². The lowest BCUT2D eigenvalue weighted by atomic mass is 10.1. The van der Waals surface area contributed by atoms with Gasteiger partial charge < -0.3 is 9.80 Å². The van der Waals surface area contributed by atoms with Crippen LogP contribution in [-0.4, -0.2) is 25.0 Å².